The average Bonchev–Trinajstić information content (AvgIpc) is 2.86. The molecule has 2 aromatic rings. The molecule has 3 heteroatoms. The Balaban J connectivity index is 1.53. The van der Waals surface area contributed by atoms with E-state index in [0.717, 1.165) is 5.92 Å². The lowest BCUT2D eigenvalue weighted by molar-refractivity contribution is 0.272. The summed E-state index contributed by atoms with van der Waals surface area (Å²) in [5.41, 5.74) is 1.47. The Kier molecular flexibility index (Phi) is 4.06. The quantitative estimate of drug-likeness (QED) is 0.818. The summed E-state index contributed by atoms with van der Waals surface area (Å²) in [6.45, 7) is 2.26. The molecule has 1 fully saturated rings. The van der Waals surface area contributed by atoms with Crippen LogP contribution in [-0.2, 0) is 0 Å². The fraction of sp³-hybridized carbons (Fsp3) is 0.375. The second-order valence-corrected chi connectivity index (χ2v) is 7.22. The molecule has 100 valence electrons. The fourth-order valence-electron chi connectivity index (χ4n) is 2.76. The molecule has 1 nitrogen and oxygen atoms in total. The number of nitrogens with one attached hydrogen (secondary N) is 1. The Labute approximate surface area is 127 Å². The van der Waals surface area contributed by atoms with E-state index in [-0.39, 0.29) is 0 Å². The summed E-state index contributed by atoms with van der Waals surface area (Å²) in [5, 5.41) is 5.88. The molecule has 1 N–H and O–H groups in total. The van der Waals surface area contributed by atoms with Crippen molar-refractivity contribution in [2.45, 2.75) is 37.8 Å². The maximum atomic E-state index is 3.73. The van der Waals surface area contributed by atoms with Crippen LogP contribution in [0.1, 0.15) is 42.2 Å². The minimum Gasteiger partial charge on any atom is -0.307 e. The summed E-state index contributed by atoms with van der Waals surface area (Å²) >= 11 is 5.39. The highest BCUT2D eigenvalue weighted by Gasteiger charge is 2.31. The van der Waals surface area contributed by atoms with Gasteiger partial charge < -0.3 is 5.32 Å². The molecule has 0 saturated heterocycles. The lowest BCUT2D eigenvalue weighted by Crippen LogP contribution is -2.41. The maximum Gasteiger partial charge on any atom is 0.0388 e. The number of benzene rings is 1. The molecule has 1 aromatic carbocycles. The standard InChI is InChI=1S/C16H18BrNS/c1-11(16-6-3-7-19-16)18-15-9-13(10-15)12-4-2-5-14(17)8-12/h2-8,11,13,15,18H,9-10H2,1H3. The van der Waals surface area contributed by atoms with Gasteiger partial charge in [0.1, 0.15) is 0 Å². The van der Waals surface area contributed by atoms with Gasteiger partial charge in [0.05, 0.1) is 0 Å². The molecule has 0 amide bonds. The second kappa shape index (κ2) is 5.78. The van der Waals surface area contributed by atoms with Crippen LogP contribution < -0.4 is 5.32 Å². The van der Waals surface area contributed by atoms with Crippen molar-refractivity contribution in [3.63, 3.8) is 0 Å². The minimum absolute atomic E-state index is 0.480. The van der Waals surface area contributed by atoms with Gasteiger partial charge >= 0.3 is 0 Å². The van der Waals surface area contributed by atoms with E-state index < -0.39 is 0 Å². The van der Waals surface area contributed by atoms with Gasteiger partial charge in [0.25, 0.3) is 0 Å². The lowest BCUT2D eigenvalue weighted by Gasteiger charge is -2.38. The van der Waals surface area contributed by atoms with Crippen molar-refractivity contribution in [1.82, 2.24) is 5.32 Å². The highest BCUT2D eigenvalue weighted by Crippen LogP contribution is 2.38. The van der Waals surface area contributed by atoms with Crippen LogP contribution in [0, 0.1) is 0 Å². The van der Waals surface area contributed by atoms with Crippen LogP contribution in [0.2, 0.25) is 0 Å². The van der Waals surface area contributed by atoms with E-state index in [1.165, 1.54) is 27.8 Å². The fourth-order valence-corrected chi connectivity index (χ4v) is 3.92. The average molecular weight is 336 g/mol. The summed E-state index contributed by atoms with van der Waals surface area (Å²) in [6.07, 6.45) is 2.51. The molecule has 1 saturated carbocycles. The van der Waals surface area contributed by atoms with Crippen molar-refractivity contribution < 1.29 is 0 Å². The third kappa shape index (κ3) is 3.10. The van der Waals surface area contributed by atoms with Crippen molar-refractivity contribution in [2.75, 3.05) is 0 Å². The van der Waals surface area contributed by atoms with Gasteiger partial charge in [-0.25, -0.2) is 0 Å². The largest absolute Gasteiger partial charge is 0.307 e. The number of halogens is 1. The summed E-state index contributed by atoms with van der Waals surface area (Å²) in [4.78, 5) is 1.44. The SMILES string of the molecule is CC(NC1CC(c2cccc(Br)c2)C1)c1cccs1. The van der Waals surface area contributed by atoms with Gasteiger partial charge in [0.15, 0.2) is 0 Å². The van der Waals surface area contributed by atoms with Crippen molar-refractivity contribution in [3.8, 4) is 0 Å². The molecule has 1 aliphatic rings. The van der Waals surface area contributed by atoms with Crippen molar-refractivity contribution >= 4 is 27.3 Å². The van der Waals surface area contributed by atoms with E-state index in [1.54, 1.807) is 0 Å². The first-order valence-corrected chi connectivity index (χ1v) is 8.44. The first-order chi connectivity index (χ1) is 9.22. The molecular weight excluding hydrogens is 318 g/mol. The molecule has 3 rings (SSSR count). The molecule has 0 bridgehead atoms. The van der Waals surface area contributed by atoms with Crippen LogP contribution in [-0.4, -0.2) is 6.04 Å². The van der Waals surface area contributed by atoms with Crippen molar-refractivity contribution in [2.24, 2.45) is 0 Å². The monoisotopic (exact) mass is 335 g/mol. The molecule has 1 atom stereocenters. The first kappa shape index (κ1) is 13.3. The molecular formula is C16H18BrNS. The van der Waals surface area contributed by atoms with E-state index in [9.17, 15) is 0 Å². The third-order valence-electron chi connectivity index (χ3n) is 3.91. The smallest absolute Gasteiger partial charge is 0.0388 e. The summed E-state index contributed by atoms with van der Waals surface area (Å²) in [6, 6.07) is 14.2. The van der Waals surface area contributed by atoms with Crippen LogP contribution >= 0.6 is 27.3 Å². The Morgan fingerprint density at radius 2 is 2.11 bits per heavy atom. The normalized spacial score (nSPS) is 23.9. The van der Waals surface area contributed by atoms with Crippen LogP contribution in [0.4, 0.5) is 0 Å². The van der Waals surface area contributed by atoms with Crippen LogP contribution in [0.3, 0.4) is 0 Å². The number of hydrogen-bond donors (Lipinski definition) is 1. The topological polar surface area (TPSA) is 12.0 Å². The Hall–Kier alpha value is -0.640. The summed E-state index contributed by atoms with van der Waals surface area (Å²) in [5.74, 6) is 0.727. The van der Waals surface area contributed by atoms with Gasteiger partial charge in [-0.2, -0.15) is 0 Å². The van der Waals surface area contributed by atoms with Crippen molar-refractivity contribution in [3.05, 3.63) is 56.7 Å². The van der Waals surface area contributed by atoms with Crippen molar-refractivity contribution in [1.29, 1.82) is 0 Å². The number of thiophene rings is 1. The molecule has 1 aromatic heterocycles. The van der Waals surface area contributed by atoms with Crippen LogP contribution in [0.15, 0.2) is 46.3 Å². The predicted octanol–water partition coefficient (Wildman–Crippen LogP) is 5.11. The predicted molar refractivity (Wildman–Crippen MR) is 85.8 cm³/mol. The van der Waals surface area contributed by atoms with E-state index in [0.29, 0.717) is 12.1 Å². The molecule has 0 aliphatic heterocycles. The molecule has 19 heavy (non-hydrogen) atoms. The van der Waals surface area contributed by atoms with Gasteiger partial charge in [-0.15, -0.1) is 11.3 Å². The Bertz CT molecular complexity index is 531. The maximum absolute atomic E-state index is 3.73. The van der Waals surface area contributed by atoms with E-state index in [1.807, 2.05) is 11.3 Å². The van der Waals surface area contributed by atoms with Crippen LogP contribution in [0.5, 0.6) is 0 Å². The van der Waals surface area contributed by atoms with Crippen LogP contribution in [0.25, 0.3) is 0 Å². The van der Waals surface area contributed by atoms with Gasteiger partial charge in [0.2, 0.25) is 0 Å². The Morgan fingerprint density at radius 3 is 2.79 bits per heavy atom. The van der Waals surface area contributed by atoms with E-state index in [4.69, 9.17) is 0 Å². The molecule has 1 unspecified atom stereocenters. The highest BCUT2D eigenvalue weighted by atomic mass is 79.9. The molecule has 1 heterocycles. The molecule has 0 radical (unpaired) electrons. The van der Waals surface area contributed by atoms with E-state index in [2.05, 4.69) is 69.9 Å². The zero-order valence-corrected chi connectivity index (χ0v) is 13.4. The molecule has 0 spiro atoms. The van der Waals surface area contributed by atoms with Gasteiger partial charge in [-0.05, 0) is 54.8 Å². The number of hydrogen-bond acceptors (Lipinski definition) is 2. The molecule has 1 aliphatic carbocycles. The summed E-state index contributed by atoms with van der Waals surface area (Å²) < 4.78 is 1.19. The summed E-state index contributed by atoms with van der Waals surface area (Å²) in [7, 11) is 0. The number of rotatable bonds is 4. The third-order valence-corrected chi connectivity index (χ3v) is 5.46. The minimum atomic E-state index is 0.480. The van der Waals surface area contributed by atoms with Gasteiger partial charge in [0, 0.05) is 21.4 Å². The Morgan fingerprint density at radius 1 is 1.26 bits per heavy atom. The lowest BCUT2D eigenvalue weighted by atomic mass is 9.75. The van der Waals surface area contributed by atoms with Gasteiger partial charge in [-0.3, -0.25) is 0 Å². The van der Waals surface area contributed by atoms with Gasteiger partial charge in [-0.1, -0.05) is 34.1 Å². The highest BCUT2D eigenvalue weighted by molar-refractivity contribution is 9.10. The zero-order chi connectivity index (χ0) is 13.2. The van der Waals surface area contributed by atoms with E-state index >= 15 is 0 Å². The second-order valence-electron chi connectivity index (χ2n) is 5.32. The first-order valence-electron chi connectivity index (χ1n) is 6.77. The zero-order valence-electron chi connectivity index (χ0n) is 11.0.